The average molecular weight is 376 g/mol. The number of hydrogen-bond donors (Lipinski definition) is 1. The van der Waals surface area contributed by atoms with Crippen LogP contribution in [-0.4, -0.2) is 49.3 Å². The molecule has 1 aromatic carbocycles. The maximum Gasteiger partial charge on any atom is 0.223 e. The minimum absolute atomic E-state index is 0.164. The van der Waals surface area contributed by atoms with Gasteiger partial charge in [-0.15, -0.1) is 0 Å². The lowest BCUT2D eigenvalue weighted by molar-refractivity contribution is -0.917. The number of aryl methyl sites for hydroxylation is 2. The lowest BCUT2D eigenvalue weighted by Gasteiger charge is -2.32. The van der Waals surface area contributed by atoms with E-state index in [9.17, 15) is 9.18 Å². The SMILES string of the molecule is COc1ccc(F)cc1C[NH+]1CCN(C(=O)CCc2c(C)noc2C)CC1. The number of quaternary nitrogens is 1. The summed E-state index contributed by atoms with van der Waals surface area (Å²) in [5.41, 5.74) is 2.76. The van der Waals surface area contributed by atoms with E-state index in [-0.39, 0.29) is 11.7 Å². The third-order valence-electron chi connectivity index (χ3n) is 5.28. The quantitative estimate of drug-likeness (QED) is 0.826. The number of rotatable bonds is 6. The van der Waals surface area contributed by atoms with Gasteiger partial charge in [0.2, 0.25) is 5.91 Å². The van der Waals surface area contributed by atoms with Gasteiger partial charge in [-0.1, -0.05) is 5.16 Å². The Morgan fingerprint density at radius 1 is 1.33 bits per heavy atom. The molecule has 7 heteroatoms. The Labute approximate surface area is 158 Å². The van der Waals surface area contributed by atoms with Crippen molar-refractivity contribution in [3.8, 4) is 5.75 Å². The smallest absolute Gasteiger partial charge is 0.223 e. The lowest BCUT2D eigenvalue weighted by atomic mass is 10.1. The van der Waals surface area contributed by atoms with Gasteiger partial charge in [0.25, 0.3) is 0 Å². The van der Waals surface area contributed by atoms with Gasteiger partial charge in [0.1, 0.15) is 23.9 Å². The molecule has 27 heavy (non-hydrogen) atoms. The number of benzene rings is 1. The Morgan fingerprint density at radius 2 is 2.07 bits per heavy atom. The molecular weight excluding hydrogens is 349 g/mol. The lowest BCUT2D eigenvalue weighted by Crippen LogP contribution is -3.13. The van der Waals surface area contributed by atoms with E-state index in [0.717, 1.165) is 35.7 Å². The molecule has 146 valence electrons. The van der Waals surface area contributed by atoms with E-state index >= 15 is 0 Å². The van der Waals surface area contributed by atoms with Crippen LogP contribution in [0.4, 0.5) is 4.39 Å². The Kier molecular flexibility index (Phi) is 6.11. The molecule has 1 fully saturated rings. The standard InChI is InChI=1S/C20H26FN3O3/c1-14-18(15(2)27-22-14)5-7-20(25)24-10-8-23(9-11-24)13-16-12-17(21)4-6-19(16)26-3/h4,6,12H,5,7-11,13H2,1-3H3/p+1. The van der Waals surface area contributed by atoms with Crippen LogP contribution in [0.25, 0.3) is 0 Å². The summed E-state index contributed by atoms with van der Waals surface area (Å²) in [6.45, 7) is 7.60. The molecule has 1 saturated heterocycles. The third-order valence-corrected chi connectivity index (χ3v) is 5.28. The highest BCUT2D eigenvalue weighted by Gasteiger charge is 2.25. The maximum absolute atomic E-state index is 13.5. The highest BCUT2D eigenvalue weighted by Crippen LogP contribution is 2.18. The molecule has 1 N–H and O–H groups in total. The Morgan fingerprint density at radius 3 is 2.70 bits per heavy atom. The summed E-state index contributed by atoms with van der Waals surface area (Å²) in [4.78, 5) is 15.8. The van der Waals surface area contributed by atoms with Crippen molar-refractivity contribution in [1.82, 2.24) is 10.1 Å². The van der Waals surface area contributed by atoms with E-state index < -0.39 is 0 Å². The van der Waals surface area contributed by atoms with E-state index in [2.05, 4.69) is 5.16 Å². The number of halogens is 1. The number of piperazine rings is 1. The van der Waals surface area contributed by atoms with Gasteiger partial charge in [-0.3, -0.25) is 4.79 Å². The van der Waals surface area contributed by atoms with Crippen LogP contribution in [0.2, 0.25) is 0 Å². The summed E-state index contributed by atoms with van der Waals surface area (Å²) in [7, 11) is 1.60. The Balaban J connectivity index is 1.50. The van der Waals surface area contributed by atoms with Crippen LogP contribution in [0, 0.1) is 19.7 Å². The summed E-state index contributed by atoms with van der Waals surface area (Å²) in [6, 6.07) is 4.61. The van der Waals surface area contributed by atoms with E-state index in [4.69, 9.17) is 9.26 Å². The largest absolute Gasteiger partial charge is 0.496 e. The van der Waals surface area contributed by atoms with E-state index in [1.807, 2.05) is 18.7 Å². The molecule has 1 aliphatic heterocycles. The van der Waals surface area contributed by atoms with Crippen LogP contribution >= 0.6 is 0 Å². The predicted octanol–water partition coefficient (Wildman–Crippen LogP) is 1.30. The zero-order valence-electron chi connectivity index (χ0n) is 16.2. The number of methoxy groups -OCH3 is 1. The maximum atomic E-state index is 13.5. The number of carbonyl (C=O) groups excluding carboxylic acids is 1. The monoisotopic (exact) mass is 376 g/mol. The number of amides is 1. The van der Waals surface area contributed by atoms with Crippen LogP contribution in [0.3, 0.4) is 0 Å². The van der Waals surface area contributed by atoms with Crippen molar-refractivity contribution in [1.29, 1.82) is 0 Å². The zero-order valence-corrected chi connectivity index (χ0v) is 16.2. The summed E-state index contributed by atoms with van der Waals surface area (Å²) >= 11 is 0. The van der Waals surface area contributed by atoms with Crippen LogP contribution in [-0.2, 0) is 17.8 Å². The van der Waals surface area contributed by atoms with Gasteiger partial charge in [0.15, 0.2) is 0 Å². The van der Waals surface area contributed by atoms with Gasteiger partial charge in [0, 0.05) is 12.0 Å². The fraction of sp³-hybridized carbons (Fsp3) is 0.500. The predicted molar refractivity (Wildman–Crippen MR) is 98.2 cm³/mol. The molecule has 0 aliphatic carbocycles. The fourth-order valence-electron chi connectivity index (χ4n) is 3.65. The molecular formula is C20H27FN3O3+. The Hall–Kier alpha value is -2.41. The summed E-state index contributed by atoms with van der Waals surface area (Å²) in [6.07, 6.45) is 1.13. The first-order chi connectivity index (χ1) is 13.0. The molecule has 0 spiro atoms. The van der Waals surface area contributed by atoms with E-state index in [0.29, 0.717) is 38.2 Å². The topological polar surface area (TPSA) is 60.0 Å². The molecule has 1 aromatic heterocycles. The molecule has 3 rings (SSSR count). The molecule has 1 amide bonds. The van der Waals surface area contributed by atoms with Crippen molar-refractivity contribution in [2.75, 3.05) is 33.3 Å². The summed E-state index contributed by atoms with van der Waals surface area (Å²) < 4.78 is 24.0. The van der Waals surface area contributed by atoms with Crippen molar-refractivity contribution < 1.29 is 23.3 Å². The highest BCUT2D eigenvalue weighted by molar-refractivity contribution is 5.76. The summed E-state index contributed by atoms with van der Waals surface area (Å²) in [5.74, 6) is 1.41. The first-order valence-corrected chi connectivity index (χ1v) is 9.33. The number of carbonyl (C=O) groups is 1. The average Bonchev–Trinajstić information content (AvgIpc) is 2.98. The van der Waals surface area contributed by atoms with Crippen molar-refractivity contribution in [2.24, 2.45) is 0 Å². The molecule has 0 saturated carbocycles. The highest BCUT2D eigenvalue weighted by atomic mass is 19.1. The number of nitrogens with zero attached hydrogens (tertiary/aromatic N) is 2. The number of aromatic nitrogens is 1. The van der Waals surface area contributed by atoms with Gasteiger partial charge >= 0.3 is 0 Å². The number of ether oxygens (including phenoxy) is 1. The Bertz CT molecular complexity index is 778. The normalized spacial score (nSPS) is 15.2. The number of nitrogens with one attached hydrogen (secondary N) is 1. The number of hydrogen-bond acceptors (Lipinski definition) is 4. The van der Waals surface area contributed by atoms with Gasteiger partial charge in [-0.2, -0.15) is 0 Å². The molecule has 1 aliphatic rings. The minimum Gasteiger partial charge on any atom is -0.496 e. The molecule has 0 unspecified atom stereocenters. The molecule has 0 atom stereocenters. The second-order valence-electron chi connectivity index (χ2n) is 7.07. The van der Waals surface area contributed by atoms with Crippen LogP contribution < -0.4 is 9.64 Å². The zero-order chi connectivity index (χ0) is 19.4. The van der Waals surface area contributed by atoms with Crippen molar-refractivity contribution in [3.05, 3.63) is 46.6 Å². The van der Waals surface area contributed by atoms with Crippen LogP contribution in [0.1, 0.15) is 29.0 Å². The molecule has 2 aromatic rings. The van der Waals surface area contributed by atoms with Crippen molar-refractivity contribution in [3.63, 3.8) is 0 Å². The summed E-state index contributed by atoms with van der Waals surface area (Å²) in [5, 5.41) is 3.94. The van der Waals surface area contributed by atoms with Crippen molar-refractivity contribution in [2.45, 2.75) is 33.2 Å². The molecule has 2 heterocycles. The van der Waals surface area contributed by atoms with E-state index in [1.54, 1.807) is 13.2 Å². The second kappa shape index (κ2) is 8.52. The van der Waals surface area contributed by atoms with Crippen molar-refractivity contribution >= 4 is 5.91 Å². The van der Waals surface area contributed by atoms with Gasteiger partial charge in [0.05, 0.1) is 44.5 Å². The van der Waals surface area contributed by atoms with Crippen LogP contribution in [0.15, 0.2) is 22.7 Å². The van der Waals surface area contributed by atoms with Gasteiger partial charge in [-0.25, -0.2) is 4.39 Å². The molecule has 0 bridgehead atoms. The van der Waals surface area contributed by atoms with Gasteiger partial charge in [-0.05, 0) is 38.5 Å². The van der Waals surface area contributed by atoms with Gasteiger partial charge < -0.3 is 19.1 Å². The van der Waals surface area contributed by atoms with E-state index in [1.165, 1.54) is 17.0 Å². The fourth-order valence-corrected chi connectivity index (χ4v) is 3.65. The first-order valence-electron chi connectivity index (χ1n) is 9.33. The second-order valence-corrected chi connectivity index (χ2v) is 7.07. The molecule has 6 nitrogen and oxygen atoms in total. The van der Waals surface area contributed by atoms with Crippen LogP contribution in [0.5, 0.6) is 5.75 Å². The first kappa shape index (κ1) is 19.4. The molecule has 0 radical (unpaired) electrons. The third kappa shape index (κ3) is 4.66. The minimum atomic E-state index is -0.252.